The van der Waals surface area contributed by atoms with Gasteiger partial charge in [0.1, 0.15) is 11.5 Å². The van der Waals surface area contributed by atoms with Gasteiger partial charge in [-0.3, -0.25) is 4.79 Å². The first kappa shape index (κ1) is 19.3. The Labute approximate surface area is 159 Å². The van der Waals surface area contributed by atoms with E-state index in [1.807, 2.05) is 0 Å². The molecular weight excluding hydrogens is 371 g/mol. The predicted molar refractivity (Wildman–Crippen MR) is 98.9 cm³/mol. The van der Waals surface area contributed by atoms with Crippen molar-refractivity contribution in [1.82, 2.24) is 0 Å². The standard InChI is InChI=1S/C21H16F3NO3/c1-27-16-8-10-17(11-9-16)28-19-12-7-15(21(22,23)24)13-18(19)25-20(26)14-5-3-2-4-6-14/h2-13H,1H3,(H,25,26). The van der Waals surface area contributed by atoms with Gasteiger partial charge in [0.25, 0.3) is 5.91 Å². The highest BCUT2D eigenvalue weighted by Crippen LogP contribution is 2.37. The minimum Gasteiger partial charge on any atom is -0.497 e. The third-order valence-corrected chi connectivity index (χ3v) is 3.88. The lowest BCUT2D eigenvalue weighted by molar-refractivity contribution is -0.137. The number of hydrogen-bond acceptors (Lipinski definition) is 3. The van der Waals surface area contributed by atoms with Crippen molar-refractivity contribution in [2.24, 2.45) is 0 Å². The molecular formula is C21H16F3NO3. The number of alkyl halides is 3. The van der Waals surface area contributed by atoms with Crippen molar-refractivity contribution in [3.05, 3.63) is 83.9 Å². The topological polar surface area (TPSA) is 47.6 Å². The molecule has 0 aliphatic carbocycles. The minimum absolute atomic E-state index is 0.0838. The summed E-state index contributed by atoms with van der Waals surface area (Å²) in [7, 11) is 1.52. The summed E-state index contributed by atoms with van der Waals surface area (Å²) in [5.41, 5.74) is -0.659. The molecule has 1 N–H and O–H groups in total. The fraction of sp³-hybridized carbons (Fsp3) is 0.0952. The molecule has 0 spiro atoms. The first-order valence-electron chi connectivity index (χ1n) is 8.26. The first-order valence-corrected chi connectivity index (χ1v) is 8.26. The molecule has 4 nitrogen and oxygen atoms in total. The molecule has 0 saturated heterocycles. The van der Waals surface area contributed by atoms with Gasteiger partial charge in [0.2, 0.25) is 0 Å². The molecule has 0 aliphatic heterocycles. The largest absolute Gasteiger partial charge is 0.497 e. The number of carbonyl (C=O) groups is 1. The molecule has 7 heteroatoms. The van der Waals surface area contributed by atoms with Gasteiger partial charge in [-0.25, -0.2) is 0 Å². The Morgan fingerprint density at radius 3 is 2.14 bits per heavy atom. The van der Waals surface area contributed by atoms with Crippen LogP contribution in [0.25, 0.3) is 0 Å². The maximum Gasteiger partial charge on any atom is 0.416 e. The number of ether oxygens (including phenoxy) is 2. The van der Waals surface area contributed by atoms with Crippen LogP contribution in [0.4, 0.5) is 18.9 Å². The van der Waals surface area contributed by atoms with E-state index in [1.165, 1.54) is 13.2 Å². The molecule has 28 heavy (non-hydrogen) atoms. The SMILES string of the molecule is COc1ccc(Oc2ccc(C(F)(F)F)cc2NC(=O)c2ccccc2)cc1. The molecule has 0 aromatic heterocycles. The molecule has 0 saturated carbocycles. The van der Waals surface area contributed by atoms with Crippen LogP contribution in [-0.2, 0) is 6.18 Å². The minimum atomic E-state index is -4.55. The number of hydrogen-bond donors (Lipinski definition) is 1. The maximum absolute atomic E-state index is 13.1. The molecule has 0 bridgehead atoms. The summed E-state index contributed by atoms with van der Waals surface area (Å²) in [6, 6.07) is 17.6. The third kappa shape index (κ3) is 4.62. The van der Waals surface area contributed by atoms with Crippen molar-refractivity contribution in [2.45, 2.75) is 6.18 Å². The molecule has 3 aromatic rings. The fourth-order valence-electron chi connectivity index (χ4n) is 2.45. The van der Waals surface area contributed by atoms with Gasteiger partial charge in [0, 0.05) is 5.56 Å². The predicted octanol–water partition coefficient (Wildman–Crippen LogP) is 5.76. The summed E-state index contributed by atoms with van der Waals surface area (Å²) in [5.74, 6) is 0.537. The average molecular weight is 387 g/mol. The van der Waals surface area contributed by atoms with Gasteiger partial charge in [0.15, 0.2) is 5.75 Å². The molecule has 0 atom stereocenters. The second-order valence-electron chi connectivity index (χ2n) is 5.81. The number of anilines is 1. The van der Waals surface area contributed by atoms with Gasteiger partial charge in [0.05, 0.1) is 18.4 Å². The van der Waals surface area contributed by atoms with Crippen LogP contribution < -0.4 is 14.8 Å². The number of halogens is 3. The number of methoxy groups -OCH3 is 1. The van der Waals surface area contributed by atoms with Gasteiger partial charge in [-0.1, -0.05) is 18.2 Å². The molecule has 0 aliphatic rings. The summed E-state index contributed by atoms with van der Waals surface area (Å²) in [6.45, 7) is 0. The van der Waals surface area contributed by atoms with Crippen molar-refractivity contribution < 1.29 is 27.4 Å². The van der Waals surface area contributed by atoms with Crippen LogP contribution in [0.3, 0.4) is 0 Å². The summed E-state index contributed by atoms with van der Waals surface area (Å²) in [6.07, 6.45) is -4.55. The van der Waals surface area contributed by atoms with E-state index in [4.69, 9.17) is 9.47 Å². The van der Waals surface area contributed by atoms with Crippen LogP contribution in [0, 0.1) is 0 Å². The van der Waals surface area contributed by atoms with E-state index in [2.05, 4.69) is 5.32 Å². The van der Waals surface area contributed by atoms with Crippen molar-refractivity contribution >= 4 is 11.6 Å². The van der Waals surface area contributed by atoms with Crippen molar-refractivity contribution in [2.75, 3.05) is 12.4 Å². The van der Waals surface area contributed by atoms with E-state index >= 15 is 0 Å². The van der Waals surface area contributed by atoms with Gasteiger partial charge in [-0.05, 0) is 54.6 Å². The van der Waals surface area contributed by atoms with Crippen LogP contribution in [0.2, 0.25) is 0 Å². The number of amides is 1. The molecule has 3 rings (SSSR count). The average Bonchev–Trinajstić information content (AvgIpc) is 2.69. The second-order valence-corrected chi connectivity index (χ2v) is 5.81. The normalized spacial score (nSPS) is 11.0. The summed E-state index contributed by atoms with van der Waals surface area (Å²) in [4.78, 5) is 12.4. The second kappa shape index (κ2) is 8.04. The van der Waals surface area contributed by atoms with E-state index < -0.39 is 17.6 Å². The number of benzene rings is 3. The molecule has 3 aromatic carbocycles. The molecule has 0 radical (unpaired) electrons. The van der Waals surface area contributed by atoms with Gasteiger partial charge >= 0.3 is 6.18 Å². The lowest BCUT2D eigenvalue weighted by Gasteiger charge is -2.15. The zero-order valence-corrected chi connectivity index (χ0v) is 14.8. The van der Waals surface area contributed by atoms with E-state index in [0.717, 1.165) is 12.1 Å². The lowest BCUT2D eigenvalue weighted by atomic mass is 10.1. The maximum atomic E-state index is 13.1. The van der Waals surface area contributed by atoms with E-state index in [1.54, 1.807) is 54.6 Å². The van der Waals surface area contributed by atoms with Crippen molar-refractivity contribution in [3.63, 3.8) is 0 Å². The highest BCUT2D eigenvalue weighted by molar-refractivity contribution is 6.05. The van der Waals surface area contributed by atoms with Crippen molar-refractivity contribution in [1.29, 1.82) is 0 Å². The summed E-state index contributed by atoms with van der Waals surface area (Å²) < 4.78 is 50.0. The van der Waals surface area contributed by atoms with Crippen LogP contribution in [-0.4, -0.2) is 13.0 Å². The number of carbonyl (C=O) groups excluding carboxylic acids is 1. The fourth-order valence-corrected chi connectivity index (χ4v) is 2.45. The summed E-state index contributed by atoms with van der Waals surface area (Å²) in [5, 5.41) is 2.49. The Bertz CT molecular complexity index is 955. The van der Waals surface area contributed by atoms with Crippen LogP contribution in [0.15, 0.2) is 72.8 Å². The lowest BCUT2D eigenvalue weighted by Crippen LogP contribution is -2.14. The first-order chi connectivity index (χ1) is 13.4. The number of rotatable bonds is 5. The Kier molecular flexibility index (Phi) is 5.54. The Morgan fingerprint density at radius 1 is 0.893 bits per heavy atom. The van der Waals surface area contributed by atoms with Crippen LogP contribution in [0.1, 0.15) is 15.9 Å². The molecule has 144 valence electrons. The van der Waals surface area contributed by atoms with Gasteiger partial charge in [-0.15, -0.1) is 0 Å². The molecule has 1 amide bonds. The zero-order valence-electron chi connectivity index (χ0n) is 14.8. The summed E-state index contributed by atoms with van der Waals surface area (Å²) >= 11 is 0. The molecule has 0 heterocycles. The molecule has 0 fully saturated rings. The van der Waals surface area contributed by atoms with E-state index in [0.29, 0.717) is 17.1 Å². The Hall–Kier alpha value is -3.48. The highest BCUT2D eigenvalue weighted by Gasteiger charge is 2.31. The quantitative estimate of drug-likeness (QED) is 0.606. The number of nitrogens with one attached hydrogen (secondary N) is 1. The smallest absolute Gasteiger partial charge is 0.416 e. The van der Waals surface area contributed by atoms with Crippen molar-refractivity contribution in [3.8, 4) is 17.2 Å². The highest BCUT2D eigenvalue weighted by atomic mass is 19.4. The van der Waals surface area contributed by atoms with Crippen LogP contribution in [0.5, 0.6) is 17.2 Å². The van der Waals surface area contributed by atoms with E-state index in [9.17, 15) is 18.0 Å². The molecule has 0 unspecified atom stereocenters. The van der Waals surface area contributed by atoms with Gasteiger partial charge < -0.3 is 14.8 Å². The Morgan fingerprint density at radius 2 is 1.54 bits per heavy atom. The van der Waals surface area contributed by atoms with Crippen LogP contribution >= 0.6 is 0 Å². The van der Waals surface area contributed by atoms with E-state index in [-0.39, 0.29) is 11.4 Å². The van der Waals surface area contributed by atoms with Gasteiger partial charge in [-0.2, -0.15) is 13.2 Å². The third-order valence-electron chi connectivity index (χ3n) is 3.88. The monoisotopic (exact) mass is 387 g/mol. The Balaban J connectivity index is 1.92. The zero-order chi connectivity index (χ0) is 20.1.